The maximum absolute atomic E-state index is 10.8. The SMILES string of the molecule is O=C(O)CC(CC(=O)O)(CC(=O)O)NCCCS(=O)(=O)O. The van der Waals surface area contributed by atoms with Crippen molar-refractivity contribution in [3.63, 3.8) is 0 Å². The normalized spacial score (nSPS) is 12.0. The van der Waals surface area contributed by atoms with Crippen molar-refractivity contribution >= 4 is 28.0 Å². The van der Waals surface area contributed by atoms with E-state index in [1.54, 1.807) is 0 Å². The lowest BCUT2D eigenvalue weighted by atomic mass is 9.87. The van der Waals surface area contributed by atoms with Gasteiger partial charge in [0.2, 0.25) is 0 Å². The number of carbonyl (C=O) groups is 3. The van der Waals surface area contributed by atoms with Crippen molar-refractivity contribution in [2.75, 3.05) is 12.3 Å². The summed E-state index contributed by atoms with van der Waals surface area (Å²) in [6.07, 6.45) is -2.38. The van der Waals surface area contributed by atoms with Crippen LogP contribution >= 0.6 is 0 Å². The number of rotatable bonds is 11. The zero-order chi connectivity index (χ0) is 16.7. The first-order valence-electron chi connectivity index (χ1n) is 5.81. The van der Waals surface area contributed by atoms with Crippen molar-refractivity contribution in [3.8, 4) is 0 Å². The Morgan fingerprint density at radius 1 is 0.905 bits per heavy atom. The minimum Gasteiger partial charge on any atom is -0.481 e. The smallest absolute Gasteiger partial charge is 0.305 e. The monoisotopic (exact) mass is 327 g/mol. The van der Waals surface area contributed by atoms with Gasteiger partial charge >= 0.3 is 17.9 Å². The van der Waals surface area contributed by atoms with Crippen LogP contribution in [0.1, 0.15) is 25.7 Å². The number of hydrogen-bond acceptors (Lipinski definition) is 6. The van der Waals surface area contributed by atoms with E-state index in [4.69, 9.17) is 19.9 Å². The number of carboxylic acid groups (broad SMARTS) is 3. The molecule has 0 amide bonds. The highest BCUT2D eigenvalue weighted by Gasteiger charge is 2.37. The van der Waals surface area contributed by atoms with Gasteiger partial charge in [-0.25, -0.2) is 0 Å². The molecule has 0 aliphatic rings. The number of nitrogens with one attached hydrogen (secondary N) is 1. The van der Waals surface area contributed by atoms with E-state index >= 15 is 0 Å². The van der Waals surface area contributed by atoms with E-state index in [0.29, 0.717) is 0 Å². The summed E-state index contributed by atoms with van der Waals surface area (Å²) in [4.78, 5) is 32.4. The standard InChI is InChI=1S/C10H17NO9S/c12-7(13)4-10(5-8(14)15,6-9(16)17)11-2-1-3-21(18,19)20/h11H,1-6H2,(H,12,13)(H,14,15)(H,16,17)(H,18,19,20). The van der Waals surface area contributed by atoms with E-state index in [1.165, 1.54) is 0 Å². The maximum atomic E-state index is 10.8. The molecule has 0 fully saturated rings. The van der Waals surface area contributed by atoms with Crippen LogP contribution in [0.5, 0.6) is 0 Å². The van der Waals surface area contributed by atoms with Gasteiger partial charge < -0.3 is 20.6 Å². The quantitative estimate of drug-likeness (QED) is 0.234. The van der Waals surface area contributed by atoms with Gasteiger partial charge in [-0.15, -0.1) is 0 Å². The number of hydrogen-bond donors (Lipinski definition) is 5. The van der Waals surface area contributed by atoms with Crippen LogP contribution in [0.4, 0.5) is 0 Å². The topological polar surface area (TPSA) is 178 Å². The predicted octanol–water partition coefficient (Wildman–Crippen LogP) is -0.983. The highest BCUT2D eigenvalue weighted by atomic mass is 32.2. The summed E-state index contributed by atoms with van der Waals surface area (Å²) in [5.41, 5.74) is -1.73. The van der Waals surface area contributed by atoms with Crippen LogP contribution in [-0.4, -0.2) is 64.0 Å². The van der Waals surface area contributed by atoms with E-state index < -0.39 is 58.6 Å². The van der Waals surface area contributed by atoms with Crippen molar-refractivity contribution < 1.29 is 42.7 Å². The molecule has 0 atom stereocenters. The lowest BCUT2D eigenvalue weighted by Crippen LogP contribution is -2.50. The zero-order valence-corrected chi connectivity index (χ0v) is 11.8. The number of carboxylic acids is 3. The molecule has 0 saturated carbocycles. The Bertz CT molecular complexity index is 458. The average molecular weight is 327 g/mol. The Morgan fingerprint density at radius 3 is 1.57 bits per heavy atom. The predicted molar refractivity (Wildman–Crippen MR) is 68.5 cm³/mol. The van der Waals surface area contributed by atoms with E-state index in [0.717, 1.165) is 0 Å². The molecule has 21 heavy (non-hydrogen) atoms. The van der Waals surface area contributed by atoms with Crippen molar-refractivity contribution in [1.82, 2.24) is 5.32 Å². The summed E-state index contributed by atoms with van der Waals surface area (Å²) in [7, 11) is -4.20. The van der Waals surface area contributed by atoms with Crippen LogP contribution in [0.15, 0.2) is 0 Å². The fraction of sp³-hybridized carbons (Fsp3) is 0.700. The first-order chi connectivity index (χ1) is 9.46. The molecule has 122 valence electrons. The van der Waals surface area contributed by atoms with E-state index in [2.05, 4.69) is 5.32 Å². The molecule has 0 aliphatic carbocycles. The van der Waals surface area contributed by atoms with Crippen molar-refractivity contribution in [1.29, 1.82) is 0 Å². The van der Waals surface area contributed by atoms with Gasteiger partial charge in [-0.3, -0.25) is 18.9 Å². The molecule has 0 radical (unpaired) electrons. The van der Waals surface area contributed by atoms with Gasteiger partial charge in [0.25, 0.3) is 10.1 Å². The van der Waals surface area contributed by atoms with Crippen LogP contribution in [0, 0.1) is 0 Å². The summed E-state index contributed by atoms with van der Waals surface area (Å²) >= 11 is 0. The lowest BCUT2D eigenvalue weighted by Gasteiger charge is -2.30. The molecule has 5 N–H and O–H groups in total. The molecule has 0 unspecified atom stereocenters. The number of aliphatic carboxylic acids is 3. The molecule has 0 heterocycles. The molecule has 0 spiro atoms. The molecule has 10 nitrogen and oxygen atoms in total. The highest BCUT2D eigenvalue weighted by molar-refractivity contribution is 7.85. The minimum atomic E-state index is -4.20. The van der Waals surface area contributed by atoms with Gasteiger partial charge in [-0.05, 0) is 13.0 Å². The van der Waals surface area contributed by atoms with Crippen LogP contribution in [-0.2, 0) is 24.5 Å². The minimum absolute atomic E-state index is 0.126. The summed E-state index contributed by atoms with van der Waals surface area (Å²) in [6, 6.07) is 0. The van der Waals surface area contributed by atoms with Crippen molar-refractivity contribution in [2.24, 2.45) is 0 Å². The Hall–Kier alpha value is -1.72. The van der Waals surface area contributed by atoms with Crippen molar-refractivity contribution in [3.05, 3.63) is 0 Å². The first-order valence-corrected chi connectivity index (χ1v) is 7.42. The lowest BCUT2D eigenvalue weighted by molar-refractivity contribution is -0.144. The third-order valence-corrected chi connectivity index (χ3v) is 3.35. The van der Waals surface area contributed by atoms with Crippen LogP contribution < -0.4 is 5.32 Å². The Morgan fingerprint density at radius 2 is 1.29 bits per heavy atom. The Balaban J connectivity index is 4.92. The van der Waals surface area contributed by atoms with Gasteiger partial charge in [0, 0.05) is 5.54 Å². The fourth-order valence-electron chi connectivity index (χ4n) is 1.85. The maximum Gasteiger partial charge on any atom is 0.305 e. The molecule has 0 aliphatic heterocycles. The molecule has 0 aromatic carbocycles. The van der Waals surface area contributed by atoms with Gasteiger partial charge in [-0.2, -0.15) is 8.42 Å². The largest absolute Gasteiger partial charge is 0.481 e. The van der Waals surface area contributed by atoms with Crippen LogP contribution in [0.25, 0.3) is 0 Å². The summed E-state index contributed by atoms with van der Waals surface area (Å²) in [5, 5.41) is 28.9. The third-order valence-electron chi connectivity index (χ3n) is 2.55. The zero-order valence-electron chi connectivity index (χ0n) is 11.0. The molecule has 0 bridgehead atoms. The summed E-state index contributed by atoms with van der Waals surface area (Å²) in [5.74, 6) is -4.78. The molecular formula is C10H17NO9S. The van der Waals surface area contributed by atoms with Gasteiger partial charge in [-0.1, -0.05) is 0 Å². The summed E-state index contributed by atoms with van der Waals surface area (Å²) in [6.45, 7) is -0.159. The average Bonchev–Trinajstić information content (AvgIpc) is 2.19. The highest BCUT2D eigenvalue weighted by Crippen LogP contribution is 2.21. The second kappa shape index (κ2) is 7.90. The van der Waals surface area contributed by atoms with Crippen molar-refractivity contribution in [2.45, 2.75) is 31.2 Å². The van der Waals surface area contributed by atoms with E-state index in [9.17, 15) is 22.8 Å². The molecule has 11 heteroatoms. The molecule has 0 aromatic heterocycles. The Labute approximate surface area is 120 Å². The van der Waals surface area contributed by atoms with Gasteiger partial charge in [0.1, 0.15) is 0 Å². The van der Waals surface area contributed by atoms with E-state index in [1.807, 2.05) is 0 Å². The van der Waals surface area contributed by atoms with Crippen LogP contribution in [0.3, 0.4) is 0 Å². The molecular weight excluding hydrogens is 310 g/mol. The second-order valence-corrected chi connectivity index (χ2v) is 6.13. The summed E-state index contributed by atoms with van der Waals surface area (Å²) < 4.78 is 29.6. The second-order valence-electron chi connectivity index (χ2n) is 4.56. The molecule has 0 aromatic rings. The van der Waals surface area contributed by atoms with E-state index in [-0.39, 0.29) is 13.0 Å². The first kappa shape index (κ1) is 19.3. The molecule has 0 saturated heterocycles. The molecule has 0 rings (SSSR count). The Kier molecular flexibility index (Phi) is 7.26. The fourth-order valence-corrected chi connectivity index (χ4v) is 2.36. The van der Waals surface area contributed by atoms with Gasteiger partial charge in [0.05, 0.1) is 25.0 Å². The van der Waals surface area contributed by atoms with Gasteiger partial charge in [0.15, 0.2) is 0 Å². The van der Waals surface area contributed by atoms with Crippen LogP contribution in [0.2, 0.25) is 0 Å². The third kappa shape index (κ3) is 9.76.